The number of hydrogen-bond acceptors (Lipinski definition) is 1. The highest BCUT2D eigenvalue weighted by atomic mass is 15.2. The van der Waals surface area contributed by atoms with Gasteiger partial charge in [0.05, 0.1) is 0 Å². The van der Waals surface area contributed by atoms with Crippen molar-refractivity contribution < 1.29 is 0 Å². The van der Waals surface area contributed by atoms with Crippen molar-refractivity contribution >= 4 is 5.96 Å². The summed E-state index contributed by atoms with van der Waals surface area (Å²) in [5, 5.41) is 6.60. The number of guanidine groups is 1. The van der Waals surface area contributed by atoms with Gasteiger partial charge in [-0.05, 0) is 19.8 Å². The second kappa shape index (κ2) is 5.01. The molecule has 0 saturated heterocycles. The fraction of sp³-hybridized carbons (Fsp3) is 0.889. The molecular weight excluding hydrogens is 150 g/mol. The van der Waals surface area contributed by atoms with Gasteiger partial charge in [0, 0.05) is 19.6 Å². The number of hydrogen-bond donors (Lipinski definition) is 2. The van der Waals surface area contributed by atoms with Crippen LogP contribution in [0.5, 0.6) is 0 Å². The molecule has 1 aliphatic rings. The number of nitrogens with one attached hydrogen (secondary N) is 2. The molecule has 0 aromatic heterocycles. The molecule has 2 N–H and O–H groups in total. The van der Waals surface area contributed by atoms with E-state index in [1.165, 1.54) is 25.7 Å². The Balaban J connectivity index is 2.26. The van der Waals surface area contributed by atoms with Crippen LogP contribution in [0, 0.1) is 0 Å². The van der Waals surface area contributed by atoms with Gasteiger partial charge in [0.15, 0.2) is 5.96 Å². The van der Waals surface area contributed by atoms with E-state index in [4.69, 9.17) is 0 Å². The van der Waals surface area contributed by atoms with E-state index < -0.39 is 0 Å². The first-order valence-corrected chi connectivity index (χ1v) is 4.84. The van der Waals surface area contributed by atoms with Gasteiger partial charge in [-0.1, -0.05) is 12.8 Å². The van der Waals surface area contributed by atoms with E-state index in [-0.39, 0.29) is 0 Å². The van der Waals surface area contributed by atoms with E-state index in [2.05, 4.69) is 22.5 Å². The van der Waals surface area contributed by atoms with Crippen molar-refractivity contribution in [2.75, 3.05) is 13.6 Å². The van der Waals surface area contributed by atoms with Crippen molar-refractivity contribution in [1.29, 1.82) is 0 Å². The Kier molecular flexibility index (Phi) is 3.91. The van der Waals surface area contributed by atoms with E-state index in [9.17, 15) is 0 Å². The molecule has 0 radical (unpaired) electrons. The van der Waals surface area contributed by atoms with Gasteiger partial charge in [-0.2, -0.15) is 0 Å². The summed E-state index contributed by atoms with van der Waals surface area (Å²) in [5.41, 5.74) is 0. The molecule has 12 heavy (non-hydrogen) atoms. The third kappa shape index (κ3) is 2.72. The van der Waals surface area contributed by atoms with E-state index in [1.54, 1.807) is 0 Å². The van der Waals surface area contributed by atoms with Gasteiger partial charge in [0.25, 0.3) is 0 Å². The topological polar surface area (TPSA) is 36.4 Å². The Hall–Kier alpha value is -0.730. The molecule has 0 heterocycles. The highest BCUT2D eigenvalue weighted by molar-refractivity contribution is 5.79. The summed E-state index contributed by atoms with van der Waals surface area (Å²) < 4.78 is 0. The Morgan fingerprint density at radius 2 is 2.08 bits per heavy atom. The summed E-state index contributed by atoms with van der Waals surface area (Å²) in [4.78, 5) is 4.14. The van der Waals surface area contributed by atoms with Crippen molar-refractivity contribution in [3.8, 4) is 0 Å². The minimum Gasteiger partial charge on any atom is -0.357 e. The van der Waals surface area contributed by atoms with Crippen LogP contribution in [-0.2, 0) is 0 Å². The predicted molar refractivity (Wildman–Crippen MR) is 52.4 cm³/mol. The van der Waals surface area contributed by atoms with Crippen LogP contribution in [0.2, 0.25) is 0 Å². The highest BCUT2D eigenvalue weighted by Crippen LogP contribution is 2.17. The highest BCUT2D eigenvalue weighted by Gasteiger charge is 2.15. The molecule has 3 heteroatoms. The van der Waals surface area contributed by atoms with Crippen LogP contribution in [0.4, 0.5) is 0 Å². The van der Waals surface area contributed by atoms with Crippen molar-refractivity contribution in [3.05, 3.63) is 0 Å². The molecule has 1 saturated carbocycles. The van der Waals surface area contributed by atoms with Crippen molar-refractivity contribution in [2.24, 2.45) is 4.99 Å². The molecule has 0 bridgehead atoms. The Morgan fingerprint density at radius 3 is 2.58 bits per heavy atom. The van der Waals surface area contributed by atoms with E-state index in [0.29, 0.717) is 6.04 Å². The molecule has 0 aromatic carbocycles. The molecule has 0 atom stereocenters. The average molecular weight is 169 g/mol. The van der Waals surface area contributed by atoms with Gasteiger partial charge in [-0.15, -0.1) is 0 Å². The first kappa shape index (κ1) is 9.36. The molecule has 1 aliphatic carbocycles. The Morgan fingerprint density at radius 1 is 1.42 bits per heavy atom. The maximum absolute atomic E-state index is 4.14. The van der Waals surface area contributed by atoms with Crippen molar-refractivity contribution in [2.45, 2.75) is 38.6 Å². The van der Waals surface area contributed by atoms with Gasteiger partial charge in [-0.25, -0.2) is 0 Å². The lowest BCUT2D eigenvalue weighted by Crippen LogP contribution is -2.42. The fourth-order valence-electron chi connectivity index (χ4n) is 1.63. The second-order valence-electron chi connectivity index (χ2n) is 3.23. The van der Waals surface area contributed by atoms with E-state index in [0.717, 1.165) is 12.5 Å². The first-order chi connectivity index (χ1) is 5.86. The third-order valence-corrected chi connectivity index (χ3v) is 2.26. The Labute approximate surface area is 74.6 Å². The van der Waals surface area contributed by atoms with Gasteiger partial charge in [0.2, 0.25) is 0 Å². The largest absolute Gasteiger partial charge is 0.357 e. The fourth-order valence-corrected chi connectivity index (χ4v) is 1.63. The molecule has 0 aromatic rings. The Bertz CT molecular complexity index is 148. The van der Waals surface area contributed by atoms with Crippen LogP contribution >= 0.6 is 0 Å². The van der Waals surface area contributed by atoms with E-state index in [1.807, 2.05) is 7.05 Å². The monoisotopic (exact) mass is 169 g/mol. The van der Waals surface area contributed by atoms with E-state index >= 15 is 0 Å². The zero-order valence-electron chi connectivity index (χ0n) is 8.06. The lowest BCUT2D eigenvalue weighted by molar-refractivity contribution is 0.616. The molecule has 0 aliphatic heterocycles. The first-order valence-electron chi connectivity index (χ1n) is 4.84. The number of aliphatic imine (C=N–C) groups is 1. The molecule has 0 amide bonds. The minimum absolute atomic E-state index is 0.655. The smallest absolute Gasteiger partial charge is 0.191 e. The summed E-state index contributed by atoms with van der Waals surface area (Å²) in [6.07, 6.45) is 5.32. The molecule has 1 fully saturated rings. The maximum Gasteiger partial charge on any atom is 0.191 e. The molecule has 0 unspecified atom stereocenters. The normalized spacial score (nSPS) is 19.7. The van der Waals surface area contributed by atoms with Crippen LogP contribution in [-0.4, -0.2) is 25.6 Å². The standard InChI is InChI=1S/C9H19N3/c1-3-11-9(10-2)12-8-6-4-5-7-8/h8H,3-7H2,1-2H3,(H2,10,11,12). The third-order valence-electron chi connectivity index (χ3n) is 2.26. The number of nitrogens with zero attached hydrogens (tertiary/aromatic N) is 1. The van der Waals surface area contributed by atoms with Gasteiger partial charge in [0.1, 0.15) is 0 Å². The zero-order chi connectivity index (χ0) is 8.81. The van der Waals surface area contributed by atoms with Crippen LogP contribution in [0.15, 0.2) is 4.99 Å². The van der Waals surface area contributed by atoms with Crippen molar-refractivity contribution in [3.63, 3.8) is 0 Å². The number of rotatable bonds is 2. The molecule has 3 nitrogen and oxygen atoms in total. The zero-order valence-corrected chi connectivity index (χ0v) is 8.06. The quantitative estimate of drug-likeness (QED) is 0.480. The van der Waals surface area contributed by atoms with Gasteiger partial charge < -0.3 is 10.6 Å². The maximum atomic E-state index is 4.14. The van der Waals surface area contributed by atoms with Crippen LogP contribution in [0.25, 0.3) is 0 Å². The summed E-state index contributed by atoms with van der Waals surface area (Å²) in [6.45, 7) is 3.02. The molecule has 0 spiro atoms. The minimum atomic E-state index is 0.655. The molecular formula is C9H19N3. The SMILES string of the molecule is CCNC(=NC)NC1CCCC1. The molecule has 1 rings (SSSR count). The summed E-state index contributed by atoms with van der Waals surface area (Å²) >= 11 is 0. The van der Waals surface area contributed by atoms with Gasteiger partial charge in [-0.3, -0.25) is 4.99 Å². The lowest BCUT2D eigenvalue weighted by Gasteiger charge is -2.15. The summed E-state index contributed by atoms with van der Waals surface area (Å²) in [6, 6.07) is 0.655. The van der Waals surface area contributed by atoms with Gasteiger partial charge >= 0.3 is 0 Å². The van der Waals surface area contributed by atoms with Crippen molar-refractivity contribution in [1.82, 2.24) is 10.6 Å². The molecule has 70 valence electrons. The lowest BCUT2D eigenvalue weighted by atomic mass is 10.2. The summed E-state index contributed by atoms with van der Waals surface area (Å²) in [7, 11) is 1.82. The summed E-state index contributed by atoms with van der Waals surface area (Å²) in [5.74, 6) is 0.949. The average Bonchev–Trinajstić information content (AvgIpc) is 2.56. The van der Waals surface area contributed by atoms with Crippen LogP contribution in [0.3, 0.4) is 0 Å². The second-order valence-corrected chi connectivity index (χ2v) is 3.23. The van der Waals surface area contributed by atoms with Crippen LogP contribution in [0.1, 0.15) is 32.6 Å². The predicted octanol–water partition coefficient (Wildman–Crippen LogP) is 1.11. The van der Waals surface area contributed by atoms with Crippen LogP contribution < -0.4 is 10.6 Å².